The van der Waals surface area contributed by atoms with E-state index in [1.807, 2.05) is 17.8 Å². The molecule has 0 aliphatic carbocycles. The van der Waals surface area contributed by atoms with Crippen LogP contribution in [0.2, 0.25) is 5.02 Å². The lowest BCUT2D eigenvalue weighted by atomic mass is 9.98. The molecule has 1 aliphatic rings. The van der Waals surface area contributed by atoms with Crippen LogP contribution in [-0.2, 0) is 0 Å². The highest BCUT2D eigenvalue weighted by Crippen LogP contribution is 2.36. The van der Waals surface area contributed by atoms with Crippen molar-refractivity contribution in [2.24, 2.45) is 5.92 Å². The van der Waals surface area contributed by atoms with Crippen molar-refractivity contribution in [1.29, 1.82) is 0 Å². The highest BCUT2D eigenvalue weighted by atomic mass is 79.9. The van der Waals surface area contributed by atoms with Crippen LogP contribution >= 0.6 is 39.3 Å². The van der Waals surface area contributed by atoms with Gasteiger partial charge in [0.25, 0.3) is 0 Å². The molecule has 1 aliphatic heterocycles. The van der Waals surface area contributed by atoms with Crippen LogP contribution in [0, 0.1) is 5.92 Å². The topological polar surface area (TPSA) is 37.4 Å². The van der Waals surface area contributed by atoms with E-state index in [-0.39, 0.29) is 0 Å². The number of pyridine rings is 1. The van der Waals surface area contributed by atoms with E-state index in [4.69, 9.17) is 16.3 Å². The molecule has 0 saturated carbocycles. The van der Waals surface area contributed by atoms with Crippen LogP contribution in [0.15, 0.2) is 64.1 Å². The van der Waals surface area contributed by atoms with Crippen molar-refractivity contribution in [1.82, 2.24) is 9.88 Å². The van der Waals surface area contributed by atoms with Gasteiger partial charge in [-0.25, -0.2) is 4.98 Å². The van der Waals surface area contributed by atoms with Gasteiger partial charge in [-0.1, -0.05) is 36.7 Å². The highest BCUT2D eigenvalue weighted by Gasteiger charge is 2.18. The predicted molar refractivity (Wildman–Crippen MR) is 144 cm³/mol. The predicted octanol–water partition coefficient (Wildman–Crippen LogP) is 7.74. The van der Waals surface area contributed by atoms with E-state index in [9.17, 15) is 0 Å². The average molecular weight is 547 g/mol. The number of nitrogens with zero attached hydrogens (tertiary/aromatic N) is 2. The molecule has 4 nitrogen and oxygen atoms in total. The van der Waals surface area contributed by atoms with Crippen LogP contribution in [0.4, 0.5) is 11.5 Å². The van der Waals surface area contributed by atoms with Gasteiger partial charge in [-0.05, 0) is 102 Å². The Morgan fingerprint density at radius 2 is 1.94 bits per heavy atom. The van der Waals surface area contributed by atoms with E-state index < -0.39 is 0 Å². The van der Waals surface area contributed by atoms with Gasteiger partial charge in [0.05, 0.1) is 21.8 Å². The SMILES string of the molecule is CCSc1cccc(-c2ccc(OCC3CCN(C)CC3)c(Nc3ncc(Cl)cc3Br)c2)c1. The minimum Gasteiger partial charge on any atom is -0.491 e. The maximum absolute atomic E-state index is 6.35. The highest BCUT2D eigenvalue weighted by molar-refractivity contribution is 9.10. The number of nitrogens with one attached hydrogen (secondary N) is 1. The maximum atomic E-state index is 6.35. The van der Waals surface area contributed by atoms with Crippen LogP contribution in [0.5, 0.6) is 5.75 Å². The summed E-state index contributed by atoms with van der Waals surface area (Å²) in [6.45, 7) is 5.16. The molecule has 1 fully saturated rings. The molecule has 2 heterocycles. The third-order valence-electron chi connectivity index (χ3n) is 5.83. The number of halogens is 2. The molecule has 174 valence electrons. The Kier molecular flexibility index (Phi) is 8.58. The first-order chi connectivity index (χ1) is 16.0. The van der Waals surface area contributed by atoms with Crippen LogP contribution < -0.4 is 10.1 Å². The zero-order chi connectivity index (χ0) is 23.2. The molecule has 0 unspecified atom stereocenters. The number of rotatable bonds is 8. The fourth-order valence-electron chi connectivity index (χ4n) is 3.94. The number of hydrogen-bond acceptors (Lipinski definition) is 5. The number of hydrogen-bond donors (Lipinski definition) is 1. The summed E-state index contributed by atoms with van der Waals surface area (Å²) in [5.74, 6) is 3.17. The Labute approximate surface area is 214 Å². The van der Waals surface area contributed by atoms with Gasteiger partial charge in [0, 0.05) is 11.1 Å². The standard InChI is InChI=1S/C26H29BrClN3OS/c1-3-33-22-6-4-5-19(13-22)20-7-8-25(32-17-18-9-11-31(2)12-10-18)24(14-20)30-26-23(27)15-21(28)16-29-26/h4-8,13-16,18H,3,9-12,17H2,1-2H3,(H,29,30). The fourth-order valence-corrected chi connectivity index (χ4v) is 5.39. The van der Waals surface area contributed by atoms with Crippen molar-refractivity contribution >= 4 is 50.8 Å². The second kappa shape index (κ2) is 11.6. The fraction of sp³-hybridized carbons (Fsp3) is 0.346. The van der Waals surface area contributed by atoms with Gasteiger partial charge >= 0.3 is 0 Å². The minimum atomic E-state index is 0.580. The summed E-state index contributed by atoms with van der Waals surface area (Å²) in [7, 11) is 2.18. The molecule has 1 aromatic heterocycles. The number of likely N-dealkylation sites (tertiary alicyclic amines) is 1. The lowest BCUT2D eigenvalue weighted by Gasteiger charge is -2.29. The van der Waals surface area contributed by atoms with Crippen molar-refractivity contribution in [2.75, 3.05) is 37.8 Å². The number of ether oxygens (including phenoxy) is 1. The Morgan fingerprint density at radius 3 is 2.70 bits per heavy atom. The quantitative estimate of drug-likeness (QED) is 0.292. The molecule has 1 saturated heterocycles. The molecule has 0 atom stereocenters. The van der Waals surface area contributed by atoms with Gasteiger partial charge in [0.15, 0.2) is 0 Å². The molecule has 3 aromatic rings. The molecule has 0 radical (unpaired) electrons. The largest absolute Gasteiger partial charge is 0.491 e. The molecule has 0 amide bonds. The third-order valence-corrected chi connectivity index (χ3v) is 7.52. The first-order valence-electron chi connectivity index (χ1n) is 11.3. The molecule has 1 N–H and O–H groups in total. The summed E-state index contributed by atoms with van der Waals surface area (Å²) < 4.78 is 7.15. The zero-order valence-corrected chi connectivity index (χ0v) is 22.1. The third kappa shape index (κ3) is 6.66. The number of benzene rings is 2. The lowest BCUT2D eigenvalue weighted by Crippen LogP contribution is -2.32. The Balaban J connectivity index is 1.61. The van der Waals surface area contributed by atoms with Crippen molar-refractivity contribution < 1.29 is 4.74 Å². The van der Waals surface area contributed by atoms with Gasteiger partial charge < -0.3 is 15.0 Å². The molecule has 4 rings (SSSR count). The number of thioether (sulfide) groups is 1. The summed E-state index contributed by atoms with van der Waals surface area (Å²) >= 11 is 11.5. The second-order valence-electron chi connectivity index (χ2n) is 8.34. The summed E-state index contributed by atoms with van der Waals surface area (Å²) in [4.78, 5) is 8.11. The molecule has 0 bridgehead atoms. The average Bonchev–Trinajstić information content (AvgIpc) is 2.81. The van der Waals surface area contributed by atoms with Crippen molar-refractivity contribution in [3.05, 3.63) is 64.2 Å². The van der Waals surface area contributed by atoms with E-state index in [0.717, 1.165) is 46.9 Å². The summed E-state index contributed by atoms with van der Waals surface area (Å²) in [6, 6.07) is 16.8. The molecule has 33 heavy (non-hydrogen) atoms. The van der Waals surface area contributed by atoms with E-state index in [0.29, 0.717) is 16.8 Å². The minimum absolute atomic E-state index is 0.580. The van der Waals surface area contributed by atoms with Crippen LogP contribution in [0.1, 0.15) is 19.8 Å². The zero-order valence-electron chi connectivity index (χ0n) is 19.0. The van der Waals surface area contributed by atoms with Crippen molar-refractivity contribution in [3.8, 4) is 16.9 Å². The Bertz CT molecular complexity index is 1090. The van der Waals surface area contributed by atoms with Gasteiger partial charge in [-0.3, -0.25) is 0 Å². The van der Waals surface area contributed by atoms with Crippen LogP contribution in [0.25, 0.3) is 11.1 Å². The van der Waals surface area contributed by atoms with Crippen LogP contribution in [0.3, 0.4) is 0 Å². The molecule has 0 spiro atoms. The first-order valence-corrected chi connectivity index (χ1v) is 13.4. The Morgan fingerprint density at radius 1 is 1.15 bits per heavy atom. The van der Waals surface area contributed by atoms with E-state index in [2.05, 4.69) is 87.6 Å². The van der Waals surface area contributed by atoms with Crippen LogP contribution in [-0.4, -0.2) is 42.4 Å². The maximum Gasteiger partial charge on any atom is 0.144 e. The van der Waals surface area contributed by atoms with Crippen molar-refractivity contribution in [2.45, 2.75) is 24.7 Å². The molecule has 2 aromatic carbocycles. The van der Waals surface area contributed by atoms with Crippen molar-refractivity contribution in [3.63, 3.8) is 0 Å². The Hall–Kier alpha value is -1.73. The van der Waals surface area contributed by atoms with Gasteiger partial charge in [0.2, 0.25) is 0 Å². The normalized spacial score (nSPS) is 14.9. The molecule has 7 heteroatoms. The first kappa shape index (κ1) is 24.4. The summed E-state index contributed by atoms with van der Waals surface area (Å²) in [5.41, 5.74) is 3.21. The van der Waals surface area contributed by atoms with E-state index >= 15 is 0 Å². The second-order valence-corrected chi connectivity index (χ2v) is 11.0. The number of anilines is 2. The van der Waals surface area contributed by atoms with Gasteiger partial charge in [0.1, 0.15) is 11.6 Å². The smallest absolute Gasteiger partial charge is 0.144 e. The summed E-state index contributed by atoms with van der Waals surface area (Å²) in [5, 5.41) is 4.05. The van der Waals surface area contributed by atoms with Gasteiger partial charge in [-0.15, -0.1) is 11.8 Å². The number of piperidine rings is 1. The molecular formula is C26H29BrClN3OS. The number of aromatic nitrogens is 1. The van der Waals surface area contributed by atoms with Gasteiger partial charge in [-0.2, -0.15) is 0 Å². The lowest BCUT2D eigenvalue weighted by molar-refractivity contribution is 0.160. The molecular weight excluding hydrogens is 518 g/mol. The van der Waals surface area contributed by atoms with E-state index in [1.54, 1.807) is 6.20 Å². The monoisotopic (exact) mass is 545 g/mol. The summed E-state index contributed by atoms with van der Waals surface area (Å²) in [6.07, 6.45) is 3.98. The van der Waals surface area contributed by atoms with E-state index in [1.165, 1.54) is 23.3 Å².